The third-order valence-corrected chi connectivity index (χ3v) is 7.03. The van der Waals surface area contributed by atoms with E-state index in [1.165, 1.54) is 28.2 Å². The van der Waals surface area contributed by atoms with Gasteiger partial charge in [0.2, 0.25) is 0 Å². The van der Waals surface area contributed by atoms with Crippen LogP contribution in [0.3, 0.4) is 0 Å². The van der Waals surface area contributed by atoms with Gasteiger partial charge in [0.15, 0.2) is 5.69 Å². The Labute approximate surface area is 191 Å². The first kappa shape index (κ1) is 22.2. The minimum Gasteiger partial charge on any atom is -0.321 e. The summed E-state index contributed by atoms with van der Waals surface area (Å²) in [6.07, 6.45) is 0. The molecule has 0 bridgehead atoms. The van der Waals surface area contributed by atoms with Crippen molar-refractivity contribution in [1.29, 1.82) is 0 Å². The first-order valence-electron chi connectivity index (χ1n) is 10.3. The molecule has 168 valence electrons. The van der Waals surface area contributed by atoms with E-state index in [9.17, 15) is 18.0 Å². The number of hydrogen-bond donors (Lipinski definition) is 1. The molecule has 8 nitrogen and oxygen atoms in total. The van der Waals surface area contributed by atoms with Gasteiger partial charge < -0.3 is 5.32 Å². The van der Waals surface area contributed by atoms with E-state index in [1.54, 1.807) is 73.7 Å². The number of aromatic nitrogens is 2. The van der Waals surface area contributed by atoms with Crippen LogP contribution in [0.15, 0.2) is 88.6 Å². The van der Waals surface area contributed by atoms with Gasteiger partial charge in [-0.3, -0.25) is 13.9 Å². The average Bonchev–Trinajstić information content (AvgIpc) is 2.84. The maximum atomic E-state index is 13.1. The zero-order valence-corrected chi connectivity index (χ0v) is 18.9. The van der Waals surface area contributed by atoms with Gasteiger partial charge >= 0.3 is 0 Å². The van der Waals surface area contributed by atoms with Gasteiger partial charge in [-0.25, -0.2) is 13.1 Å². The molecule has 0 atom stereocenters. The summed E-state index contributed by atoms with van der Waals surface area (Å²) in [5, 5.41) is 7.75. The van der Waals surface area contributed by atoms with Crippen LogP contribution >= 0.6 is 0 Å². The number of para-hydroxylation sites is 1. The summed E-state index contributed by atoms with van der Waals surface area (Å²) in [5.41, 5.74) is 0.621. The number of anilines is 2. The van der Waals surface area contributed by atoms with Gasteiger partial charge in [-0.15, -0.1) is 0 Å². The van der Waals surface area contributed by atoms with Crippen molar-refractivity contribution < 1.29 is 13.2 Å². The predicted molar refractivity (Wildman–Crippen MR) is 128 cm³/mol. The number of hydrogen-bond acceptors (Lipinski definition) is 5. The zero-order chi connectivity index (χ0) is 23.6. The van der Waals surface area contributed by atoms with Gasteiger partial charge in [0, 0.05) is 24.7 Å². The summed E-state index contributed by atoms with van der Waals surface area (Å²) in [4.78, 5) is 25.6. The summed E-state index contributed by atoms with van der Waals surface area (Å²) in [6.45, 7) is 2.08. The third kappa shape index (κ3) is 4.22. The minimum absolute atomic E-state index is 0.0306. The number of aryl methyl sites for hydroxylation is 1. The maximum absolute atomic E-state index is 13.1. The van der Waals surface area contributed by atoms with E-state index in [0.717, 1.165) is 0 Å². The smallest absolute Gasteiger partial charge is 0.276 e. The number of fused-ring (bicyclic) bond motifs is 1. The maximum Gasteiger partial charge on any atom is 0.276 e. The Kier molecular flexibility index (Phi) is 5.97. The van der Waals surface area contributed by atoms with Crippen LogP contribution < -0.4 is 15.2 Å². The molecule has 33 heavy (non-hydrogen) atoms. The highest BCUT2D eigenvalue weighted by molar-refractivity contribution is 7.92. The van der Waals surface area contributed by atoms with Crippen LogP contribution in [-0.4, -0.2) is 31.2 Å². The van der Waals surface area contributed by atoms with Crippen molar-refractivity contribution in [3.63, 3.8) is 0 Å². The number of sulfonamides is 1. The fourth-order valence-electron chi connectivity index (χ4n) is 3.48. The first-order chi connectivity index (χ1) is 15.8. The fraction of sp³-hybridized carbons (Fsp3) is 0.125. The Morgan fingerprint density at radius 2 is 1.64 bits per heavy atom. The van der Waals surface area contributed by atoms with E-state index in [-0.39, 0.29) is 16.1 Å². The Hall–Kier alpha value is -3.98. The quantitative estimate of drug-likeness (QED) is 0.473. The molecule has 0 aliphatic heterocycles. The van der Waals surface area contributed by atoms with Crippen molar-refractivity contribution in [3.05, 3.63) is 94.9 Å². The molecule has 0 aliphatic carbocycles. The van der Waals surface area contributed by atoms with Gasteiger partial charge in [-0.05, 0) is 43.3 Å². The zero-order valence-electron chi connectivity index (χ0n) is 18.1. The van der Waals surface area contributed by atoms with E-state index in [2.05, 4.69) is 10.4 Å². The van der Waals surface area contributed by atoms with Gasteiger partial charge in [-0.1, -0.05) is 42.5 Å². The van der Waals surface area contributed by atoms with E-state index in [4.69, 9.17) is 0 Å². The molecule has 0 radical (unpaired) electrons. The third-order valence-electron chi connectivity index (χ3n) is 5.25. The molecule has 0 unspecified atom stereocenters. The lowest BCUT2D eigenvalue weighted by Gasteiger charge is -2.20. The molecule has 0 spiro atoms. The Balaban J connectivity index is 1.68. The molecule has 0 saturated heterocycles. The Bertz CT molecular complexity index is 1500. The number of amides is 1. The molecule has 0 fully saturated rings. The monoisotopic (exact) mass is 462 g/mol. The van der Waals surface area contributed by atoms with Gasteiger partial charge in [-0.2, -0.15) is 5.10 Å². The molecule has 4 aromatic rings. The normalized spacial score (nSPS) is 11.3. The highest BCUT2D eigenvalue weighted by atomic mass is 32.2. The lowest BCUT2D eigenvalue weighted by atomic mass is 10.1. The van der Waals surface area contributed by atoms with Crippen LogP contribution in [0.1, 0.15) is 17.4 Å². The van der Waals surface area contributed by atoms with Crippen molar-refractivity contribution >= 4 is 38.1 Å². The molecule has 4 rings (SSSR count). The van der Waals surface area contributed by atoms with Crippen LogP contribution in [0, 0.1) is 0 Å². The first-order valence-corrected chi connectivity index (χ1v) is 11.7. The summed E-state index contributed by atoms with van der Waals surface area (Å²) < 4.78 is 28.6. The highest BCUT2D eigenvalue weighted by Gasteiger charge is 2.22. The second kappa shape index (κ2) is 8.87. The number of nitrogens with one attached hydrogen (secondary N) is 1. The molecule has 0 saturated carbocycles. The van der Waals surface area contributed by atoms with Crippen LogP contribution in [-0.2, 0) is 16.6 Å². The lowest BCUT2D eigenvalue weighted by Crippen LogP contribution is -2.27. The number of carbonyl (C=O) groups is 1. The van der Waals surface area contributed by atoms with Crippen molar-refractivity contribution in [3.8, 4) is 0 Å². The Morgan fingerprint density at radius 3 is 2.33 bits per heavy atom. The number of nitrogens with zero attached hydrogens (tertiary/aromatic N) is 3. The van der Waals surface area contributed by atoms with E-state index >= 15 is 0 Å². The summed E-state index contributed by atoms with van der Waals surface area (Å²) in [7, 11) is -2.37. The van der Waals surface area contributed by atoms with Crippen LogP contribution in [0.25, 0.3) is 10.8 Å². The predicted octanol–water partition coefficient (Wildman–Crippen LogP) is 3.49. The molecule has 1 N–H and O–H groups in total. The number of benzene rings is 3. The second-order valence-electron chi connectivity index (χ2n) is 7.31. The van der Waals surface area contributed by atoms with Gasteiger partial charge in [0.1, 0.15) is 0 Å². The molecule has 1 aromatic heterocycles. The summed E-state index contributed by atoms with van der Waals surface area (Å²) in [6, 6.07) is 21.5. The van der Waals surface area contributed by atoms with Crippen LogP contribution in [0.5, 0.6) is 0 Å². The van der Waals surface area contributed by atoms with Crippen molar-refractivity contribution in [2.45, 2.75) is 18.4 Å². The molecular formula is C24H22N4O4S. The number of rotatable bonds is 6. The summed E-state index contributed by atoms with van der Waals surface area (Å²) in [5.74, 6) is -0.542. The minimum atomic E-state index is -3.84. The second-order valence-corrected chi connectivity index (χ2v) is 9.27. The topological polar surface area (TPSA) is 101 Å². The van der Waals surface area contributed by atoms with E-state index < -0.39 is 15.9 Å². The van der Waals surface area contributed by atoms with Crippen molar-refractivity contribution in [2.24, 2.45) is 0 Å². The van der Waals surface area contributed by atoms with Crippen molar-refractivity contribution in [1.82, 2.24) is 9.78 Å². The SMILES string of the molecule is CCn1nc(C(=O)Nc2cccc(S(=O)(=O)N(C)c3ccccc3)c2)c2ccccc2c1=O. The average molecular weight is 463 g/mol. The summed E-state index contributed by atoms with van der Waals surface area (Å²) >= 11 is 0. The number of carbonyl (C=O) groups excluding carboxylic acids is 1. The fourth-order valence-corrected chi connectivity index (χ4v) is 4.72. The molecule has 9 heteroatoms. The lowest BCUT2D eigenvalue weighted by molar-refractivity contribution is 0.102. The van der Waals surface area contributed by atoms with Gasteiger partial charge in [0.25, 0.3) is 21.5 Å². The van der Waals surface area contributed by atoms with E-state index in [1.807, 2.05) is 0 Å². The molecular weight excluding hydrogens is 440 g/mol. The van der Waals surface area contributed by atoms with Crippen molar-refractivity contribution in [2.75, 3.05) is 16.7 Å². The van der Waals surface area contributed by atoms with Gasteiger partial charge in [0.05, 0.1) is 16.0 Å². The molecule has 1 amide bonds. The molecule has 3 aromatic carbocycles. The molecule has 1 heterocycles. The molecule has 0 aliphatic rings. The standard InChI is InChI=1S/C24H22N4O4S/c1-3-28-24(30)21-15-8-7-14-20(21)22(26-28)23(29)25-17-10-9-13-19(16-17)33(31,32)27(2)18-11-5-4-6-12-18/h4-16H,3H2,1-2H3,(H,25,29). The van der Waals surface area contributed by atoms with Crippen LogP contribution in [0.2, 0.25) is 0 Å². The Morgan fingerprint density at radius 1 is 0.970 bits per heavy atom. The van der Waals surface area contributed by atoms with Crippen LogP contribution in [0.4, 0.5) is 11.4 Å². The van der Waals surface area contributed by atoms with E-state index in [0.29, 0.717) is 28.7 Å². The highest BCUT2D eigenvalue weighted by Crippen LogP contribution is 2.24. The largest absolute Gasteiger partial charge is 0.321 e.